The maximum atomic E-state index is 9.19. The molecule has 5 unspecified atom stereocenters. The van der Waals surface area contributed by atoms with Crippen LogP contribution in [-0.4, -0.2) is 41.2 Å². The Morgan fingerprint density at radius 3 is 1.97 bits per heavy atom. The van der Waals surface area contributed by atoms with Crippen molar-refractivity contribution in [3.05, 3.63) is 95.6 Å². The van der Waals surface area contributed by atoms with E-state index in [1.54, 1.807) is 36.0 Å². The molecular weight excluding hydrogens is 484 g/mol. The van der Waals surface area contributed by atoms with Crippen LogP contribution in [0.4, 0.5) is 0 Å². The van der Waals surface area contributed by atoms with Crippen molar-refractivity contribution < 1.29 is 18.9 Å². The molecule has 2 aliphatic heterocycles. The highest BCUT2D eigenvalue weighted by atomic mass is 32.2. The summed E-state index contributed by atoms with van der Waals surface area (Å²) in [6, 6.07) is 29.0. The zero-order valence-corrected chi connectivity index (χ0v) is 21.6. The summed E-state index contributed by atoms with van der Waals surface area (Å²) in [5, 5.41) is 18.4. The Hall–Kier alpha value is -3.49. The van der Waals surface area contributed by atoms with Crippen LogP contribution in [0.5, 0.6) is 11.5 Å². The summed E-state index contributed by atoms with van der Waals surface area (Å²) in [5.41, 5.74) is 2.38. The van der Waals surface area contributed by atoms with Crippen molar-refractivity contribution in [2.24, 2.45) is 0 Å². The van der Waals surface area contributed by atoms with Crippen molar-refractivity contribution in [3.8, 4) is 23.6 Å². The molecule has 5 rings (SSSR count). The van der Waals surface area contributed by atoms with Crippen LogP contribution in [0.2, 0.25) is 0 Å². The van der Waals surface area contributed by atoms with E-state index in [9.17, 15) is 5.26 Å². The lowest BCUT2D eigenvalue weighted by atomic mass is 9.97. The fraction of sp³-hybridized carbons (Fsp3) is 0.333. The molecule has 7 heteroatoms. The highest BCUT2D eigenvalue weighted by Crippen LogP contribution is 2.42. The van der Waals surface area contributed by atoms with E-state index in [1.807, 2.05) is 56.3 Å². The molecule has 0 aliphatic carbocycles. The van der Waals surface area contributed by atoms with E-state index in [0.29, 0.717) is 28.4 Å². The third kappa shape index (κ3) is 5.92. The summed E-state index contributed by atoms with van der Waals surface area (Å²) >= 11 is 1.79. The van der Waals surface area contributed by atoms with Gasteiger partial charge in [-0.3, -0.25) is 0 Å². The van der Waals surface area contributed by atoms with Gasteiger partial charge in [0.25, 0.3) is 0 Å². The van der Waals surface area contributed by atoms with Gasteiger partial charge in [-0.05, 0) is 74.4 Å². The van der Waals surface area contributed by atoms with Crippen LogP contribution in [0, 0.1) is 22.7 Å². The topological polar surface area (TPSA) is 84.5 Å². The number of benzene rings is 3. The molecule has 0 aromatic heterocycles. The summed E-state index contributed by atoms with van der Waals surface area (Å²) in [6.45, 7) is 3.83. The normalized spacial score (nSPS) is 26.2. The Labute approximate surface area is 221 Å². The first-order chi connectivity index (χ1) is 17.9. The predicted molar refractivity (Wildman–Crippen MR) is 141 cm³/mol. The first-order valence-electron chi connectivity index (χ1n) is 12.3. The SMILES string of the molecule is CC1(C)OC2C(Oc3ccc(C#N)cc3)CSC(Cc3ccccc3)C(Oc3ccc(C#N)cc3)C2O1. The van der Waals surface area contributed by atoms with Crippen molar-refractivity contribution in [1.82, 2.24) is 0 Å². The third-order valence-electron chi connectivity index (χ3n) is 6.50. The molecule has 5 atom stereocenters. The number of thioether (sulfide) groups is 1. The van der Waals surface area contributed by atoms with Gasteiger partial charge in [0.2, 0.25) is 0 Å². The largest absolute Gasteiger partial charge is 0.487 e. The van der Waals surface area contributed by atoms with E-state index in [1.165, 1.54) is 5.56 Å². The monoisotopic (exact) mass is 512 g/mol. The molecule has 3 aromatic rings. The van der Waals surface area contributed by atoms with E-state index in [2.05, 4.69) is 24.3 Å². The number of hydrogen-bond acceptors (Lipinski definition) is 7. The molecule has 2 aliphatic rings. The number of hydrogen-bond donors (Lipinski definition) is 0. The minimum Gasteiger partial charge on any atom is -0.487 e. The van der Waals surface area contributed by atoms with Crippen molar-refractivity contribution in [2.45, 2.75) is 55.7 Å². The summed E-state index contributed by atoms with van der Waals surface area (Å²) in [7, 11) is 0. The van der Waals surface area contributed by atoms with Crippen LogP contribution in [0.15, 0.2) is 78.9 Å². The maximum absolute atomic E-state index is 9.19. The van der Waals surface area contributed by atoms with Crippen LogP contribution in [0.1, 0.15) is 30.5 Å². The summed E-state index contributed by atoms with van der Waals surface area (Å²) < 4.78 is 26.0. The molecule has 188 valence electrons. The van der Waals surface area contributed by atoms with Crippen molar-refractivity contribution >= 4 is 11.8 Å². The molecule has 0 amide bonds. The minimum absolute atomic E-state index is 0.0672. The number of nitrogens with zero attached hydrogens (tertiary/aromatic N) is 2. The van der Waals surface area contributed by atoms with Gasteiger partial charge in [-0.25, -0.2) is 0 Å². The highest BCUT2D eigenvalue weighted by molar-refractivity contribution is 8.00. The van der Waals surface area contributed by atoms with E-state index >= 15 is 0 Å². The molecule has 2 heterocycles. The van der Waals surface area contributed by atoms with Gasteiger partial charge in [0, 0.05) is 11.0 Å². The molecule has 0 saturated carbocycles. The Kier molecular flexibility index (Phi) is 7.39. The van der Waals surface area contributed by atoms with Crippen LogP contribution < -0.4 is 9.47 Å². The number of fused-ring (bicyclic) bond motifs is 1. The Balaban J connectivity index is 1.47. The third-order valence-corrected chi connectivity index (χ3v) is 7.89. The second kappa shape index (κ2) is 10.9. The molecule has 6 nitrogen and oxygen atoms in total. The van der Waals surface area contributed by atoms with Gasteiger partial charge in [0.1, 0.15) is 35.9 Å². The quantitative estimate of drug-likeness (QED) is 0.431. The Bertz CT molecular complexity index is 1280. The summed E-state index contributed by atoms with van der Waals surface area (Å²) in [4.78, 5) is 0. The van der Waals surface area contributed by atoms with Crippen LogP contribution in [0.3, 0.4) is 0 Å². The zero-order valence-electron chi connectivity index (χ0n) is 20.7. The molecule has 3 aromatic carbocycles. The lowest BCUT2D eigenvalue weighted by Crippen LogP contribution is -2.48. The Morgan fingerprint density at radius 1 is 0.811 bits per heavy atom. The van der Waals surface area contributed by atoms with E-state index in [4.69, 9.17) is 24.2 Å². The van der Waals surface area contributed by atoms with Crippen molar-refractivity contribution in [2.75, 3.05) is 5.75 Å². The van der Waals surface area contributed by atoms with Crippen molar-refractivity contribution in [1.29, 1.82) is 10.5 Å². The molecule has 2 fully saturated rings. The molecule has 0 spiro atoms. The first kappa shape index (κ1) is 25.2. The second-order valence-corrected chi connectivity index (χ2v) is 10.9. The fourth-order valence-corrected chi connectivity index (χ4v) is 6.20. The predicted octanol–water partition coefficient (Wildman–Crippen LogP) is 5.50. The van der Waals surface area contributed by atoms with Gasteiger partial charge < -0.3 is 18.9 Å². The summed E-state index contributed by atoms with van der Waals surface area (Å²) in [6.07, 6.45) is -0.541. The maximum Gasteiger partial charge on any atom is 0.164 e. The minimum atomic E-state index is -0.798. The zero-order chi connectivity index (χ0) is 25.8. The number of ether oxygens (including phenoxy) is 4. The average Bonchev–Trinajstić information content (AvgIpc) is 3.19. The highest BCUT2D eigenvalue weighted by Gasteiger charge is 2.54. The first-order valence-corrected chi connectivity index (χ1v) is 13.3. The summed E-state index contributed by atoms with van der Waals surface area (Å²) in [5.74, 6) is 1.25. The lowest BCUT2D eigenvalue weighted by Gasteiger charge is -2.31. The average molecular weight is 513 g/mol. The van der Waals surface area contributed by atoms with E-state index < -0.39 is 5.79 Å². The van der Waals surface area contributed by atoms with Crippen LogP contribution >= 0.6 is 11.8 Å². The van der Waals surface area contributed by atoms with E-state index in [-0.39, 0.29) is 29.7 Å². The Morgan fingerprint density at radius 2 is 1.38 bits per heavy atom. The smallest absolute Gasteiger partial charge is 0.164 e. The van der Waals surface area contributed by atoms with E-state index in [0.717, 1.165) is 6.42 Å². The second-order valence-electron chi connectivity index (χ2n) is 9.64. The van der Waals surface area contributed by atoms with Gasteiger partial charge in [-0.2, -0.15) is 22.3 Å². The van der Waals surface area contributed by atoms with Gasteiger partial charge in [0.15, 0.2) is 5.79 Å². The van der Waals surface area contributed by atoms with Crippen LogP contribution in [0.25, 0.3) is 0 Å². The molecular formula is C30H28N2O4S. The van der Waals surface area contributed by atoms with Gasteiger partial charge in [-0.1, -0.05) is 30.3 Å². The standard InChI is InChI=1S/C30H28N2O4S/c1-30(2)35-27-25(33-23-12-8-21(17-31)9-13-23)19-37-26(16-20-6-4-3-5-7-20)28(29(27)36-30)34-24-14-10-22(18-32)11-15-24/h3-15,25-29H,16,19H2,1-2H3. The molecule has 0 N–H and O–H groups in total. The van der Waals surface area contributed by atoms with Crippen LogP contribution in [-0.2, 0) is 15.9 Å². The van der Waals surface area contributed by atoms with Gasteiger partial charge in [-0.15, -0.1) is 0 Å². The molecule has 0 radical (unpaired) electrons. The van der Waals surface area contributed by atoms with Gasteiger partial charge >= 0.3 is 0 Å². The molecule has 37 heavy (non-hydrogen) atoms. The fourth-order valence-electron chi connectivity index (χ4n) is 4.79. The number of rotatable bonds is 6. The van der Waals surface area contributed by atoms with Crippen molar-refractivity contribution in [3.63, 3.8) is 0 Å². The van der Waals surface area contributed by atoms with Gasteiger partial charge in [0.05, 0.1) is 23.3 Å². The molecule has 2 saturated heterocycles. The number of nitriles is 2. The lowest BCUT2D eigenvalue weighted by molar-refractivity contribution is -0.158. The molecule has 0 bridgehead atoms.